The number of aromatic hydroxyl groups is 2. The van der Waals surface area contributed by atoms with Gasteiger partial charge in [0.2, 0.25) is 0 Å². The van der Waals surface area contributed by atoms with Crippen LogP contribution >= 0.6 is 12.2 Å². The molecule has 0 saturated heterocycles. The van der Waals surface area contributed by atoms with Gasteiger partial charge in [-0.3, -0.25) is 0 Å². The number of hydrogen-bond donors (Lipinski definition) is 3. The molecule has 0 bridgehead atoms. The number of hydrogen-bond acceptors (Lipinski definition) is 4. The van der Waals surface area contributed by atoms with E-state index in [9.17, 15) is 10.2 Å². The van der Waals surface area contributed by atoms with E-state index in [0.29, 0.717) is 23.3 Å². The van der Waals surface area contributed by atoms with Gasteiger partial charge in [0.1, 0.15) is 11.5 Å². The number of phenols is 2. The van der Waals surface area contributed by atoms with Crippen molar-refractivity contribution in [2.24, 2.45) is 10.8 Å². The average Bonchev–Trinajstić information content (AvgIpc) is 2.93. The van der Waals surface area contributed by atoms with Crippen molar-refractivity contribution in [2.45, 2.75) is 12.5 Å². The summed E-state index contributed by atoms with van der Waals surface area (Å²) in [5.41, 5.74) is 7.78. The maximum atomic E-state index is 10.1. The van der Waals surface area contributed by atoms with Gasteiger partial charge in [-0.15, -0.1) is 0 Å². The van der Waals surface area contributed by atoms with Crippen molar-refractivity contribution in [1.82, 2.24) is 5.01 Å². The first-order chi connectivity index (χ1) is 10.6. The second kappa shape index (κ2) is 5.65. The van der Waals surface area contributed by atoms with Crippen LogP contribution in [-0.2, 0) is 0 Å². The molecule has 0 fully saturated rings. The van der Waals surface area contributed by atoms with E-state index in [4.69, 9.17) is 18.0 Å². The molecule has 0 saturated carbocycles. The highest BCUT2D eigenvalue weighted by Crippen LogP contribution is 2.37. The summed E-state index contributed by atoms with van der Waals surface area (Å²) >= 11 is 5.06. The van der Waals surface area contributed by atoms with Gasteiger partial charge in [-0.05, 0) is 30.4 Å². The second-order valence-corrected chi connectivity index (χ2v) is 5.44. The van der Waals surface area contributed by atoms with Crippen molar-refractivity contribution >= 4 is 23.0 Å². The van der Waals surface area contributed by atoms with E-state index in [1.165, 1.54) is 5.01 Å². The number of nitrogens with two attached hydrogens (primary N) is 1. The third-order valence-electron chi connectivity index (χ3n) is 3.65. The minimum absolute atomic E-state index is 0.124. The summed E-state index contributed by atoms with van der Waals surface area (Å²) in [6.45, 7) is 0. The van der Waals surface area contributed by atoms with Crippen molar-refractivity contribution in [2.75, 3.05) is 0 Å². The van der Waals surface area contributed by atoms with Crippen LogP contribution in [0.25, 0.3) is 0 Å². The molecule has 1 aliphatic rings. The Morgan fingerprint density at radius 3 is 2.36 bits per heavy atom. The fourth-order valence-electron chi connectivity index (χ4n) is 2.61. The highest BCUT2D eigenvalue weighted by atomic mass is 32.1. The number of nitrogens with zero attached hydrogens (tertiary/aromatic N) is 2. The number of benzene rings is 2. The third kappa shape index (κ3) is 2.48. The molecule has 22 heavy (non-hydrogen) atoms. The summed E-state index contributed by atoms with van der Waals surface area (Å²) in [5.74, 6) is 0.324. The van der Waals surface area contributed by atoms with Gasteiger partial charge in [0.25, 0.3) is 0 Å². The number of para-hydroxylation sites is 2. The van der Waals surface area contributed by atoms with Crippen LogP contribution in [0.1, 0.15) is 23.6 Å². The lowest BCUT2D eigenvalue weighted by atomic mass is 9.97. The summed E-state index contributed by atoms with van der Waals surface area (Å²) in [6.07, 6.45) is 0.493. The van der Waals surface area contributed by atoms with Crippen LogP contribution in [0.5, 0.6) is 11.5 Å². The molecule has 3 rings (SSSR count). The van der Waals surface area contributed by atoms with Gasteiger partial charge in [-0.2, -0.15) is 5.10 Å². The maximum Gasteiger partial charge on any atom is 0.187 e. The van der Waals surface area contributed by atoms with Crippen LogP contribution in [0.4, 0.5) is 0 Å². The Labute approximate surface area is 133 Å². The molecule has 1 heterocycles. The van der Waals surface area contributed by atoms with Crippen LogP contribution < -0.4 is 5.73 Å². The van der Waals surface area contributed by atoms with E-state index >= 15 is 0 Å². The summed E-state index contributed by atoms with van der Waals surface area (Å²) in [4.78, 5) is 0. The number of thiocarbonyl (C=S) groups is 1. The fourth-order valence-corrected chi connectivity index (χ4v) is 2.77. The Bertz CT molecular complexity index is 761. The van der Waals surface area contributed by atoms with Crippen molar-refractivity contribution in [3.63, 3.8) is 0 Å². The van der Waals surface area contributed by atoms with Gasteiger partial charge in [0.15, 0.2) is 5.11 Å². The van der Waals surface area contributed by atoms with E-state index in [1.54, 1.807) is 30.3 Å². The standard InChI is InChI=1S/C16H15N3O2S/c17-16(22)19-13(11-6-2-4-8-15(11)21)9-12(18-19)10-5-1-3-7-14(10)20/h1-8,13,20-21H,9H2,(H2,17,22)/t13-/m0/s1. The van der Waals surface area contributed by atoms with E-state index in [1.807, 2.05) is 18.2 Å². The smallest absolute Gasteiger partial charge is 0.187 e. The zero-order chi connectivity index (χ0) is 15.7. The van der Waals surface area contributed by atoms with E-state index in [-0.39, 0.29) is 22.7 Å². The minimum atomic E-state index is -0.284. The molecule has 2 aromatic rings. The van der Waals surface area contributed by atoms with Crippen LogP contribution in [-0.4, -0.2) is 26.0 Å². The molecule has 1 aliphatic heterocycles. The largest absolute Gasteiger partial charge is 0.508 e. The molecule has 0 aromatic heterocycles. The summed E-state index contributed by atoms with van der Waals surface area (Å²) in [7, 11) is 0. The van der Waals surface area contributed by atoms with Crippen molar-refractivity contribution in [3.8, 4) is 11.5 Å². The molecule has 0 aliphatic carbocycles. The van der Waals surface area contributed by atoms with Crippen LogP contribution in [0.2, 0.25) is 0 Å². The fraction of sp³-hybridized carbons (Fsp3) is 0.125. The number of phenolic OH excluding ortho intramolecular Hbond substituents is 2. The second-order valence-electron chi connectivity index (χ2n) is 5.03. The lowest BCUT2D eigenvalue weighted by molar-refractivity contribution is 0.357. The number of hydrazone groups is 1. The topological polar surface area (TPSA) is 82.1 Å². The average molecular weight is 313 g/mol. The normalized spacial score (nSPS) is 17.4. The highest BCUT2D eigenvalue weighted by Gasteiger charge is 2.32. The van der Waals surface area contributed by atoms with Gasteiger partial charge in [-0.1, -0.05) is 30.3 Å². The quantitative estimate of drug-likeness (QED) is 0.742. The molecule has 2 aromatic carbocycles. The van der Waals surface area contributed by atoms with Crippen LogP contribution in [0, 0.1) is 0 Å². The van der Waals surface area contributed by atoms with Gasteiger partial charge in [0, 0.05) is 17.5 Å². The zero-order valence-electron chi connectivity index (χ0n) is 11.7. The predicted octanol–water partition coefficient (Wildman–Crippen LogP) is 2.49. The van der Waals surface area contributed by atoms with Crippen molar-refractivity contribution in [3.05, 3.63) is 59.7 Å². The molecule has 0 amide bonds. The van der Waals surface area contributed by atoms with Crippen LogP contribution in [0.15, 0.2) is 53.6 Å². The first kappa shape index (κ1) is 14.3. The Balaban J connectivity index is 2.01. The molecule has 0 spiro atoms. The minimum Gasteiger partial charge on any atom is -0.508 e. The lowest BCUT2D eigenvalue weighted by Crippen LogP contribution is -2.31. The maximum absolute atomic E-state index is 10.1. The SMILES string of the molecule is NC(=S)N1N=C(c2ccccc2O)C[C@H]1c1ccccc1O. The Kier molecular flexibility index (Phi) is 3.68. The Hall–Kier alpha value is -2.60. The summed E-state index contributed by atoms with van der Waals surface area (Å²) < 4.78 is 0. The zero-order valence-corrected chi connectivity index (χ0v) is 12.5. The van der Waals surface area contributed by atoms with Gasteiger partial charge in [-0.25, -0.2) is 5.01 Å². The van der Waals surface area contributed by atoms with Crippen molar-refractivity contribution < 1.29 is 10.2 Å². The predicted molar refractivity (Wildman–Crippen MR) is 88.7 cm³/mol. The third-order valence-corrected chi connectivity index (χ3v) is 3.83. The molecule has 5 nitrogen and oxygen atoms in total. The molecule has 6 heteroatoms. The first-order valence-electron chi connectivity index (χ1n) is 6.80. The highest BCUT2D eigenvalue weighted by molar-refractivity contribution is 7.80. The summed E-state index contributed by atoms with van der Waals surface area (Å²) in [5, 5.41) is 26.1. The molecule has 0 unspecified atom stereocenters. The van der Waals surface area contributed by atoms with Crippen molar-refractivity contribution in [1.29, 1.82) is 0 Å². The van der Waals surface area contributed by atoms with Crippen LogP contribution in [0.3, 0.4) is 0 Å². The first-order valence-corrected chi connectivity index (χ1v) is 7.21. The Morgan fingerprint density at radius 1 is 1.09 bits per heavy atom. The van der Waals surface area contributed by atoms with E-state index < -0.39 is 0 Å². The van der Waals surface area contributed by atoms with Gasteiger partial charge < -0.3 is 15.9 Å². The molecule has 0 radical (unpaired) electrons. The lowest BCUT2D eigenvalue weighted by Gasteiger charge is -2.22. The molecule has 112 valence electrons. The van der Waals surface area contributed by atoms with Gasteiger partial charge in [0.05, 0.1) is 11.8 Å². The molecular weight excluding hydrogens is 298 g/mol. The Morgan fingerprint density at radius 2 is 1.73 bits per heavy atom. The monoisotopic (exact) mass is 313 g/mol. The van der Waals surface area contributed by atoms with E-state index in [0.717, 1.165) is 0 Å². The molecular formula is C16H15N3O2S. The number of rotatable bonds is 2. The molecule has 4 N–H and O–H groups in total. The summed E-state index contributed by atoms with van der Waals surface area (Å²) in [6, 6.07) is 13.7. The van der Waals surface area contributed by atoms with E-state index in [2.05, 4.69) is 5.10 Å². The molecule has 1 atom stereocenters. The van der Waals surface area contributed by atoms with Gasteiger partial charge >= 0.3 is 0 Å².